The third-order valence-corrected chi connectivity index (χ3v) is 2.83. The number of nitrogens with one attached hydrogen (secondary N) is 1. The average Bonchev–Trinajstić information content (AvgIpc) is 2.93. The molecular formula is C16H18N4O2. The number of ether oxygens (including phenoxy) is 1. The Kier molecular flexibility index (Phi) is 5.15. The molecule has 0 saturated heterocycles. The van der Waals surface area contributed by atoms with Crippen molar-refractivity contribution in [2.75, 3.05) is 12.0 Å². The molecule has 1 aromatic carbocycles. The van der Waals surface area contributed by atoms with Crippen LogP contribution in [0.2, 0.25) is 0 Å². The molecule has 0 saturated carbocycles. The Hall–Kier alpha value is -2.81. The maximum atomic E-state index is 9.06. The van der Waals surface area contributed by atoms with Gasteiger partial charge in [0.1, 0.15) is 11.8 Å². The number of para-hydroxylation sites is 1. The number of hydrogen-bond donors (Lipinski definition) is 1. The number of rotatable bonds is 6. The molecule has 6 heteroatoms. The third-order valence-electron chi connectivity index (χ3n) is 2.83. The molecule has 1 aromatic heterocycles. The minimum atomic E-state index is 0.102. The zero-order valence-electron chi connectivity index (χ0n) is 12.8. The Labute approximate surface area is 129 Å². The predicted octanol–water partition coefficient (Wildman–Crippen LogP) is 3.51. The van der Waals surface area contributed by atoms with Crippen LogP contribution in [0.25, 0.3) is 0 Å². The smallest absolute Gasteiger partial charge is 0.252 e. The molecule has 0 spiro atoms. The largest absolute Gasteiger partial charge is 0.493 e. The van der Waals surface area contributed by atoms with Gasteiger partial charge in [-0.25, -0.2) is 10.4 Å². The van der Waals surface area contributed by atoms with Crippen molar-refractivity contribution >= 4 is 12.1 Å². The van der Waals surface area contributed by atoms with Gasteiger partial charge in [0.25, 0.3) is 5.88 Å². The lowest BCUT2D eigenvalue weighted by atomic mass is 10.2. The van der Waals surface area contributed by atoms with E-state index >= 15 is 0 Å². The van der Waals surface area contributed by atoms with Gasteiger partial charge in [-0.15, -0.1) is 0 Å². The van der Waals surface area contributed by atoms with Crippen LogP contribution in [0.3, 0.4) is 0 Å². The molecule has 22 heavy (non-hydrogen) atoms. The molecule has 1 heterocycles. The van der Waals surface area contributed by atoms with Crippen LogP contribution in [0.1, 0.15) is 43.8 Å². The highest BCUT2D eigenvalue weighted by Crippen LogP contribution is 2.22. The average molecular weight is 298 g/mol. The standard InChI is InChI=1S/C16H18N4O2/c1-4-21-14-8-6-5-7-12(14)10-18-20-16-13(9-17)19-15(22-16)11(2)3/h5-8,10-11,20H,4H2,1-3H3/b18-10-. The van der Waals surface area contributed by atoms with E-state index in [1.165, 1.54) is 0 Å². The van der Waals surface area contributed by atoms with Crippen LogP contribution in [0.15, 0.2) is 33.8 Å². The fraction of sp³-hybridized carbons (Fsp3) is 0.312. The summed E-state index contributed by atoms with van der Waals surface area (Å²) in [7, 11) is 0. The second-order valence-electron chi connectivity index (χ2n) is 4.84. The number of hydrazone groups is 1. The summed E-state index contributed by atoms with van der Waals surface area (Å²) < 4.78 is 11.0. The van der Waals surface area contributed by atoms with E-state index in [2.05, 4.69) is 15.5 Å². The fourth-order valence-corrected chi connectivity index (χ4v) is 1.77. The summed E-state index contributed by atoms with van der Waals surface area (Å²) in [6, 6.07) is 9.54. The van der Waals surface area contributed by atoms with E-state index in [1.807, 2.05) is 51.1 Å². The lowest BCUT2D eigenvalue weighted by Crippen LogP contribution is -1.97. The number of aromatic nitrogens is 1. The van der Waals surface area contributed by atoms with E-state index < -0.39 is 0 Å². The van der Waals surface area contributed by atoms with Gasteiger partial charge in [-0.2, -0.15) is 10.4 Å². The lowest BCUT2D eigenvalue weighted by Gasteiger charge is -2.05. The normalized spacial score (nSPS) is 10.9. The first-order valence-corrected chi connectivity index (χ1v) is 7.07. The van der Waals surface area contributed by atoms with Gasteiger partial charge in [-0.05, 0) is 19.1 Å². The lowest BCUT2D eigenvalue weighted by molar-refractivity contribution is 0.340. The van der Waals surface area contributed by atoms with Crippen LogP contribution in [-0.4, -0.2) is 17.8 Å². The van der Waals surface area contributed by atoms with Crippen molar-refractivity contribution in [2.24, 2.45) is 5.10 Å². The van der Waals surface area contributed by atoms with Gasteiger partial charge in [0.15, 0.2) is 0 Å². The van der Waals surface area contributed by atoms with Crippen LogP contribution in [0.5, 0.6) is 5.75 Å². The number of benzene rings is 1. The van der Waals surface area contributed by atoms with Crippen molar-refractivity contribution in [3.05, 3.63) is 41.4 Å². The zero-order valence-corrected chi connectivity index (χ0v) is 12.8. The molecule has 0 amide bonds. The summed E-state index contributed by atoms with van der Waals surface area (Å²) in [5.41, 5.74) is 3.75. The van der Waals surface area contributed by atoms with E-state index in [1.54, 1.807) is 6.21 Å². The van der Waals surface area contributed by atoms with Crippen LogP contribution < -0.4 is 10.2 Å². The maximum Gasteiger partial charge on any atom is 0.252 e. The minimum Gasteiger partial charge on any atom is -0.493 e. The highest BCUT2D eigenvalue weighted by atomic mass is 16.5. The fourth-order valence-electron chi connectivity index (χ4n) is 1.77. The Bertz CT molecular complexity index is 698. The molecule has 0 unspecified atom stereocenters. The Morgan fingerprint density at radius 2 is 2.23 bits per heavy atom. The molecule has 0 fully saturated rings. The molecule has 0 aliphatic carbocycles. The van der Waals surface area contributed by atoms with E-state index in [-0.39, 0.29) is 17.5 Å². The summed E-state index contributed by atoms with van der Waals surface area (Å²) in [6.45, 7) is 6.39. The summed E-state index contributed by atoms with van der Waals surface area (Å²) in [4.78, 5) is 4.11. The number of nitriles is 1. The molecular weight excluding hydrogens is 280 g/mol. The van der Waals surface area contributed by atoms with Gasteiger partial charge < -0.3 is 9.15 Å². The van der Waals surface area contributed by atoms with Gasteiger partial charge in [-0.1, -0.05) is 26.0 Å². The van der Waals surface area contributed by atoms with Crippen LogP contribution in [0.4, 0.5) is 5.88 Å². The maximum absolute atomic E-state index is 9.06. The monoisotopic (exact) mass is 298 g/mol. The molecule has 0 aliphatic heterocycles. The van der Waals surface area contributed by atoms with E-state index in [9.17, 15) is 0 Å². The molecule has 2 rings (SSSR count). The first kappa shape index (κ1) is 15.6. The second kappa shape index (κ2) is 7.27. The van der Waals surface area contributed by atoms with Gasteiger partial charge in [0, 0.05) is 11.5 Å². The molecule has 0 aliphatic rings. The highest BCUT2D eigenvalue weighted by Gasteiger charge is 2.14. The number of oxazole rings is 1. The molecule has 0 radical (unpaired) electrons. The molecule has 6 nitrogen and oxygen atoms in total. The first-order valence-electron chi connectivity index (χ1n) is 7.07. The second-order valence-corrected chi connectivity index (χ2v) is 4.84. The van der Waals surface area contributed by atoms with Gasteiger partial charge in [0.05, 0.1) is 12.8 Å². The predicted molar refractivity (Wildman–Crippen MR) is 84.1 cm³/mol. The summed E-state index contributed by atoms with van der Waals surface area (Å²) in [5, 5.41) is 13.2. The quantitative estimate of drug-likeness (QED) is 0.651. The van der Waals surface area contributed by atoms with Gasteiger partial charge in [0.2, 0.25) is 11.6 Å². The molecule has 0 bridgehead atoms. The van der Waals surface area contributed by atoms with Gasteiger partial charge >= 0.3 is 0 Å². The SMILES string of the molecule is CCOc1ccccc1/C=N\Nc1oc(C(C)C)nc1C#N. The van der Waals surface area contributed by atoms with Crippen molar-refractivity contribution in [1.29, 1.82) is 5.26 Å². The Morgan fingerprint density at radius 1 is 1.45 bits per heavy atom. The first-order chi connectivity index (χ1) is 10.7. The van der Waals surface area contributed by atoms with Crippen molar-refractivity contribution in [2.45, 2.75) is 26.7 Å². The molecule has 0 atom stereocenters. The number of nitrogens with zero attached hydrogens (tertiary/aromatic N) is 3. The molecule has 2 aromatic rings. The highest BCUT2D eigenvalue weighted by molar-refractivity contribution is 5.83. The third kappa shape index (κ3) is 3.64. The van der Waals surface area contributed by atoms with Gasteiger partial charge in [-0.3, -0.25) is 0 Å². The number of anilines is 1. The topological polar surface area (TPSA) is 83.4 Å². The van der Waals surface area contributed by atoms with Crippen molar-refractivity contribution in [3.63, 3.8) is 0 Å². The van der Waals surface area contributed by atoms with E-state index in [0.29, 0.717) is 12.5 Å². The summed E-state index contributed by atoms with van der Waals surface area (Å²) >= 11 is 0. The van der Waals surface area contributed by atoms with Crippen LogP contribution in [0, 0.1) is 11.3 Å². The van der Waals surface area contributed by atoms with E-state index in [0.717, 1.165) is 11.3 Å². The molecule has 114 valence electrons. The van der Waals surface area contributed by atoms with Crippen molar-refractivity contribution in [3.8, 4) is 11.8 Å². The summed E-state index contributed by atoms with van der Waals surface area (Å²) in [5.74, 6) is 1.60. The van der Waals surface area contributed by atoms with E-state index in [4.69, 9.17) is 14.4 Å². The van der Waals surface area contributed by atoms with Crippen molar-refractivity contribution < 1.29 is 9.15 Å². The van der Waals surface area contributed by atoms with Crippen molar-refractivity contribution in [1.82, 2.24) is 4.98 Å². The van der Waals surface area contributed by atoms with Crippen LogP contribution >= 0.6 is 0 Å². The molecule has 1 N–H and O–H groups in total. The van der Waals surface area contributed by atoms with Crippen LogP contribution in [-0.2, 0) is 0 Å². The zero-order chi connectivity index (χ0) is 15.9. The Balaban J connectivity index is 2.15. The number of hydrogen-bond acceptors (Lipinski definition) is 6. The summed E-state index contributed by atoms with van der Waals surface area (Å²) in [6.07, 6.45) is 1.61. The Morgan fingerprint density at radius 3 is 2.91 bits per heavy atom. The minimum absolute atomic E-state index is 0.102.